The number of aliphatic hydroxyl groups excluding tert-OH is 1. The lowest BCUT2D eigenvalue weighted by Gasteiger charge is -2.23. The SMILES string of the molecule is CON=C1C[C@@H](CC(=O)NCC(O)COc2ccc(NC(C)=O)cc2)N(S(=O)(=O)c2ccc(-c3ccccc3)cc2)C1. The van der Waals surface area contributed by atoms with E-state index in [1.807, 2.05) is 30.3 Å². The Morgan fingerprint density at radius 1 is 1.02 bits per heavy atom. The molecule has 3 aromatic rings. The normalized spacial score (nSPS) is 17.0. The van der Waals surface area contributed by atoms with E-state index >= 15 is 0 Å². The van der Waals surface area contributed by atoms with Gasteiger partial charge < -0.3 is 25.3 Å². The number of nitrogens with one attached hydrogen (secondary N) is 2. The number of benzene rings is 3. The molecule has 0 spiro atoms. The third kappa shape index (κ3) is 8.15. The Morgan fingerprint density at radius 2 is 1.69 bits per heavy atom. The topological polar surface area (TPSA) is 147 Å². The van der Waals surface area contributed by atoms with Gasteiger partial charge in [0.1, 0.15) is 25.6 Å². The number of carbonyl (C=O) groups excluding carboxylic acids is 2. The summed E-state index contributed by atoms with van der Waals surface area (Å²) in [6.45, 7) is 1.26. The van der Waals surface area contributed by atoms with Crippen LogP contribution < -0.4 is 15.4 Å². The monoisotopic (exact) mass is 594 g/mol. The van der Waals surface area contributed by atoms with Gasteiger partial charge in [0.15, 0.2) is 0 Å². The number of carbonyl (C=O) groups is 2. The highest BCUT2D eigenvalue weighted by Gasteiger charge is 2.40. The van der Waals surface area contributed by atoms with Crippen molar-refractivity contribution in [3.05, 3.63) is 78.9 Å². The molecular formula is C30H34N4O7S. The summed E-state index contributed by atoms with van der Waals surface area (Å²) in [4.78, 5) is 28.9. The first-order chi connectivity index (χ1) is 20.2. The number of oxime groups is 1. The summed E-state index contributed by atoms with van der Waals surface area (Å²) in [7, 11) is -2.56. The molecule has 0 aromatic heterocycles. The molecule has 42 heavy (non-hydrogen) atoms. The highest BCUT2D eigenvalue weighted by molar-refractivity contribution is 7.89. The van der Waals surface area contributed by atoms with Gasteiger partial charge in [-0.3, -0.25) is 9.59 Å². The zero-order chi connectivity index (χ0) is 30.1. The van der Waals surface area contributed by atoms with E-state index in [2.05, 4.69) is 15.8 Å². The van der Waals surface area contributed by atoms with Crippen LogP contribution in [0.15, 0.2) is 88.9 Å². The molecule has 1 saturated heterocycles. The molecule has 2 amide bonds. The molecule has 0 radical (unpaired) electrons. The average molecular weight is 595 g/mol. The van der Waals surface area contributed by atoms with Gasteiger partial charge in [-0.25, -0.2) is 8.42 Å². The number of hydrogen-bond donors (Lipinski definition) is 3. The van der Waals surface area contributed by atoms with Gasteiger partial charge in [0.2, 0.25) is 21.8 Å². The maximum Gasteiger partial charge on any atom is 0.243 e. The minimum atomic E-state index is -3.94. The molecule has 0 saturated carbocycles. The van der Waals surface area contributed by atoms with Gasteiger partial charge in [0.25, 0.3) is 0 Å². The molecule has 12 heteroatoms. The number of ether oxygens (including phenoxy) is 1. The zero-order valence-corrected chi connectivity index (χ0v) is 24.2. The number of nitrogens with zero attached hydrogens (tertiary/aromatic N) is 2. The van der Waals surface area contributed by atoms with Crippen LogP contribution in [0.3, 0.4) is 0 Å². The number of amides is 2. The van der Waals surface area contributed by atoms with Crippen molar-refractivity contribution >= 4 is 33.2 Å². The third-order valence-corrected chi connectivity index (χ3v) is 8.49. The maximum absolute atomic E-state index is 13.6. The molecule has 4 rings (SSSR count). The molecular weight excluding hydrogens is 560 g/mol. The fourth-order valence-electron chi connectivity index (χ4n) is 4.59. The van der Waals surface area contributed by atoms with E-state index in [9.17, 15) is 23.1 Å². The third-order valence-electron chi connectivity index (χ3n) is 6.58. The summed E-state index contributed by atoms with van der Waals surface area (Å²) in [5, 5.41) is 19.5. The molecule has 1 aliphatic heterocycles. The highest BCUT2D eigenvalue weighted by Crippen LogP contribution is 2.29. The predicted molar refractivity (Wildman–Crippen MR) is 158 cm³/mol. The molecule has 1 unspecified atom stereocenters. The molecule has 3 aromatic carbocycles. The molecule has 222 valence electrons. The molecule has 3 N–H and O–H groups in total. The van der Waals surface area contributed by atoms with Gasteiger partial charge in [-0.1, -0.05) is 47.6 Å². The van der Waals surface area contributed by atoms with Crippen LogP contribution in [0.25, 0.3) is 11.1 Å². The largest absolute Gasteiger partial charge is 0.491 e. The number of aliphatic hydroxyl groups is 1. The van der Waals surface area contributed by atoms with E-state index in [0.717, 1.165) is 11.1 Å². The fourth-order valence-corrected chi connectivity index (χ4v) is 6.20. The van der Waals surface area contributed by atoms with Crippen molar-refractivity contribution < 1.29 is 32.7 Å². The van der Waals surface area contributed by atoms with Crippen molar-refractivity contribution in [2.45, 2.75) is 36.8 Å². The predicted octanol–water partition coefficient (Wildman–Crippen LogP) is 3.02. The summed E-state index contributed by atoms with van der Waals surface area (Å²) in [6.07, 6.45) is -0.883. The first-order valence-corrected chi connectivity index (χ1v) is 14.8. The van der Waals surface area contributed by atoms with Crippen molar-refractivity contribution in [1.29, 1.82) is 0 Å². The quantitative estimate of drug-likeness (QED) is 0.273. The smallest absolute Gasteiger partial charge is 0.243 e. The van der Waals surface area contributed by atoms with Crippen molar-refractivity contribution in [3.63, 3.8) is 0 Å². The first-order valence-electron chi connectivity index (χ1n) is 13.4. The molecule has 1 heterocycles. The second-order valence-electron chi connectivity index (χ2n) is 9.82. The minimum absolute atomic E-state index is 0.00570. The Labute approximate surface area is 245 Å². The van der Waals surface area contributed by atoms with Crippen LogP contribution >= 0.6 is 0 Å². The van der Waals surface area contributed by atoms with E-state index in [4.69, 9.17) is 9.57 Å². The van der Waals surface area contributed by atoms with Gasteiger partial charge in [-0.2, -0.15) is 4.31 Å². The van der Waals surface area contributed by atoms with Crippen LogP contribution in [-0.2, 0) is 24.4 Å². The second kappa shape index (κ2) is 14.1. The Hall–Kier alpha value is -4.26. The molecule has 0 bridgehead atoms. The minimum Gasteiger partial charge on any atom is -0.491 e. The molecule has 2 atom stereocenters. The summed E-state index contributed by atoms with van der Waals surface area (Å²) in [5.41, 5.74) is 2.99. The number of hydrogen-bond acceptors (Lipinski definition) is 8. The van der Waals surface area contributed by atoms with Crippen LogP contribution in [0.4, 0.5) is 5.69 Å². The van der Waals surface area contributed by atoms with Gasteiger partial charge >= 0.3 is 0 Å². The summed E-state index contributed by atoms with van der Waals surface area (Å²) >= 11 is 0. The van der Waals surface area contributed by atoms with Crippen molar-refractivity contribution in [3.8, 4) is 16.9 Å². The van der Waals surface area contributed by atoms with E-state index in [0.29, 0.717) is 17.1 Å². The van der Waals surface area contributed by atoms with E-state index in [1.54, 1.807) is 48.5 Å². The fraction of sp³-hybridized carbons (Fsp3) is 0.300. The lowest BCUT2D eigenvalue weighted by atomic mass is 10.1. The highest BCUT2D eigenvalue weighted by atomic mass is 32.2. The van der Waals surface area contributed by atoms with Crippen LogP contribution in [0.1, 0.15) is 19.8 Å². The molecule has 11 nitrogen and oxygen atoms in total. The standard InChI is InChI=1S/C30H34N4O7S/c1-21(35)32-24-10-12-28(13-11-24)41-20-27(36)18-31-30(37)17-26-16-25(33-40-2)19-34(26)42(38,39)29-14-8-23(9-15-29)22-6-4-3-5-7-22/h3-15,26-27,36H,16-20H2,1-2H3,(H,31,37)(H,32,35)/t26-,27?/m0/s1. The maximum atomic E-state index is 13.6. The number of sulfonamides is 1. The van der Waals surface area contributed by atoms with Crippen LogP contribution in [0.5, 0.6) is 5.75 Å². The second-order valence-corrected chi connectivity index (χ2v) is 11.7. The Kier molecular flexibility index (Phi) is 10.3. The summed E-state index contributed by atoms with van der Waals surface area (Å²) in [5.74, 6) is -0.118. The van der Waals surface area contributed by atoms with Crippen LogP contribution in [-0.4, -0.2) is 74.3 Å². The van der Waals surface area contributed by atoms with E-state index in [1.165, 1.54) is 18.3 Å². The Balaban J connectivity index is 1.34. The van der Waals surface area contributed by atoms with Crippen molar-refractivity contribution in [2.24, 2.45) is 5.16 Å². The van der Waals surface area contributed by atoms with Gasteiger partial charge in [-0.05, 0) is 47.5 Å². The first kappa shape index (κ1) is 30.7. The zero-order valence-electron chi connectivity index (χ0n) is 23.4. The number of anilines is 1. The average Bonchev–Trinajstić information content (AvgIpc) is 3.39. The van der Waals surface area contributed by atoms with Gasteiger partial charge in [-0.15, -0.1) is 0 Å². The van der Waals surface area contributed by atoms with E-state index < -0.39 is 28.1 Å². The van der Waals surface area contributed by atoms with E-state index in [-0.39, 0.29) is 43.3 Å². The number of rotatable bonds is 12. The molecule has 1 fully saturated rings. The molecule has 1 aliphatic rings. The van der Waals surface area contributed by atoms with Crippen LogP contribution in [0, 0.1) is 0 Å². The van der Waals surface area contributed by atoms with Gasteiger partial charge in [0.05, 0.1) is 17.2 Å². The van der Waals surface area contributed by atoms with Crippen LogP contribution in [0.2, 0.25) is 0 Å². The Bertz CT molecular complexity index is 1490. The lowest BCUT2D eigenvalue weighted by molar-refractivity contribution is -0.122. The summed E-state index contributed by atoms with van der Waals surface area (Å²) in [6, 6.07) is 22.2. The van der Waals surface area contributed by atoms with Gasteiger partial charge in [0, 0.05) is 38.0 Å². The van der Waals surface area contributed by atoms with Crippen molar-refractivity contribution in [2.75, 3.05) is 32.1 Å². The summed E-state index contributed by atoms with van der Waals surface area (Å²) < 4.78 is 34.0. The lowest BCUT2D eigenvalue weighted by Crippen LogP contribution is -2.41. The molecule has 0 aliphatic carbocycles. The Morgan fingerprint density at radius 3 is 2.33 bits per heavy atom. The van der Waals surface area contributed by atoms with Crippen molar-refractivity contribution in [1.82, 2.24) is 9.62 Å².